The molecule has 0 bridgehead atoms. The number of nitro groups is 1. The first-order valence-electron chi connectivity index (χ1n) is 4.07. The average Bonchev–Trinajstić information content (AvgIpc) is 2.26. The van der Waals surface area contributed by atoms with Crippen LogP contribution in [-0.4, -0.2) is 22.6 Å². The van der Waals surface area contributed by atoms with Gasteiger partial charge in [-0.2, -0.15) is 0 Å². The van der Waals surface area contributed by atoms with Gasteiger partial charge in [0, 0.05) is 10.5 Å². The molecule has 7 nitrogen and oxygen atoms in total. The van der Waals surface area contributed by atoms with E-state index in [1.54, 1.807) is 6.07 Å². The second kappa shape index (κ2) is 5.31. The lowest BCUT2D eigenvalue weighted by molar-refractivity contribution is -0.385. The lowest BCUT2D eigenvalue weighted by Gasteiger charge is -2.05. The third-order valence-electron chi connectivity index (χ3n) is 1.62. The third-order valence-corrected chi connectivity index (χ3v) is 2.11. The third kappa shape index (κ3) is 3.09. The van der Waals surface area contributed by atoms with Crippen LogP contribution in [0.3, 0.4) is 0 Å². The maximum absolute atomic E-state index is 10.7. The fourth-order valence-corrected chi connectivity index (χ4v) is 1.28. The number of amidine groups is 1. The normalized spacial score (nSPS) is 11.2. The molecule has 0 heterocycles. The summed E-state index contributed by atoms with van der Waals surface area (Å²) in [6.45, 7) is -0.223. The smallest absolute Gasteiger partial charge is 0.312 e. The number of nitrogens with two attached hydrogens (primary N) is 1. The molecule has 0 fully saturated rings. The highest BCUT2D eigenvalue weighted by molar-refractivity contribution is 9.10. The zero-order valence-electron chi connectivity index (χ0n) is 7.96. The molecule has 0 amide bonds. The number of nitro benzene ring substituents is 1. The van der Waals surface area contributed by atoms with E-state index in [0.717, 1.165) is 0 Å². The van der Waals surface area contributed by atoms with Gasteiger partial charge in [-0.05, 0) is 12.1 Å². The van der Waals surface area contributed by atoms with Gasteiger partial charge in [0.15, 0.2) is 11.6 Å². The molecule has 8 heteroatoms. The molecule has 0 aromatic heterocycles. The molecule has 3 N–H and O–H groups in total. The summed E-state index contributed by atoms with van der Waals surface area (Å²) in [5.41, 5.74) is 4.98. The Kier molecular flexibility index (Phi) is 4.06. The van der Waals surface area contributed by atoms with Gasteiger partial charge in [-0.1, -0.05) is 21.1 Å². The number of benzene rings is 1. The van der Waals surface area contributed by atoms with E-state index >= 15 is 0 Å². The molecule has 0 aliphatic carbocycles. The lowest BCUT2D eigenvalue weighted by atomic mass is 10.3. The minimum Gasteiger partial charge on any atom is -0.479 e. The van der Waals surface area contributed by atoms with Gasteiger partial charge < -0.3 is 15.7 Å². The number of nitrogens with zero attached hydrogens (tertiary/aromatic N) is 2. The van der Waals surface area contributed by atoms with Crippen LogP contribution in [0, 0.1) is 10.1 Å². The van der Waals surface area contributed by atoms with Crippen molar-refractivity contribution < 1.29 is 14.9 Å². The molecule has 0 spiro atoms. The summed E-state index contributed by atoms with van der Waals surface area (Å²) < 4.78 is 5.59. The van der Waals surface area contributed by atoms with Crippen molar-refractivity contribution in [2.45, 2.75) is 0 Å². The van der Waals surface area contributed by atoms with Crippen molar-refractivity contribution in [3.8, 4) is 5.75 Å². The van der Waals surface area contributed by atoms with Crippen molar-refractivity contribution in [2.24, 2.45) is 10.9 Å². The number of ether oxygens (including phenoxy) is 1. The van der Waals surface area contributed by atoms with Gasteiger partial charge in [-0.3, -0.25) is 10.1 Å². The molecule has 1 aromatic rings. The number of hydrogen-bond acceptors (Lipinski definition) is 5. The topological polar surface area (TPSA) is 111 Å². The molecule has 16 heavy (non-hydrogen) atoms. The summed E-state index contributed by atoms with van der Waals surface area (Å²) in [6, 6.07) is 4.32. The van der Waals surface area contributed by atoms with Gasteiger partial charge in [-0.25, -0.2) is 0 Å². The summed E-state index contributed by atoms with van der Waals surface area (Å²) in [6.07, 6.45) is 0. The molecule has 0 saturated heterocycles. The molecular formula is C8H8BrN3O4. The zero-order chi connectivity index (χ0) is 12.1. The van der Waals surface area contributed by atoms with Crippen molar-refractivity contribution in [1.29, 1.82) is 0 Å². The van der Waals surface area contributed by atoms with Crippen LogP contribution in [0.5, 0.6) is 5.75 Å². The lowest BCUT2D eigenvalue weighted by Crippen LogP contribution is -2.21. The molecule has 0 aliphatic heterocycles. The maximum Gasteiger partial charge on any atom is 0.312 e. The monoisotopic (exact) mass is 289 g/mol. The van der Waals surface area contributed by atoms with Gasteiger partial charge in [0.25, 0.3) is 0 Å². The number of rotatable bonds is 4. The summed E-state index contributed by atoms with van der Waals surface area (Å²) in [7, 11) is 0. The molecule has 0 atom stereocenters. The quantitative estimate of drug-likeness (QED) is 0.287. The van der Waals surface area contributed by atoms with E-state index in [2.05, 4.69) is 21.1 Å². The van der Waals surface area contributed by atoms with E-state index in [9.17, 15) is 10.1 Å². The van der Waals surface area contributed by atoms with Crippen molar-refractivity contribution in [2.75, 3.05) is 6.61 Å². The van der Waals surface area contributed by atoms with Crippen molar-refractivity contribution in [3.63, 3.8) is 0 Å². The van der Waals surface area contributed by atoms with Crippen LogP contribution < -0.4 is 10.5 Å². The van der Waals surface area contributed by atoms with Crippen LogP contribution in [0.2, 0.25) is 0 Å². The van der Waals surface area contributed by atoms with Crippen LogP contribution in [0.25, 0.3) is 0 Å². The van der Waals surface area contributed by atoms with E-state index in [0.29, 0.717) is 4.47 Å². The molecule has 0 unspecified atom stereocenters. The minimum atomic E-state index is -0.577. The van der Waals surface area contributed by atoms with E-state index in [1.165, 1.54) is 12.1 Å². The maximum atomic E-state index is 10.7. The molecule has 0 saturated carbocycles. The van der Waals surface area contributed by atoms with E-state index in [-0.39, 0.29) is 23.9 Å². The fourth-order valence-electron chi connectivity index (χ4n) is 0.936. The highest BCUT2D eigenvalue weighted by atomic mass is 79.9. The predicted octanol–water partition coefficient (Wildman–Crippen LogP) is 1.48. The highest BCUT2D eigenvalue weighted by Gasteiger charge is 2.15. The Morgan fingerprint density at radius 2 is 2.38 bits per heavy atom. The second-order valence-corrected chi connectivity index (χ2v) is 3.66. The SMILES string of the molecule is NC(COc1ccc(Br)cc1[N+](=O)[O-])=NO. The van der Waals surface area contributed by atoms with Crippen molar-refractivity contribution in [3.05, 3.63) is 32.8 Å². The number of hydrogen-bond donors (Lipinski definition) is 2. The van der Waals surface area contributed by atoms with E-state index in [4.69, 9.17) is 15.7 Å². The summed E-state index contributed by atoms with van der Waals surface area (Å²) in [5.74, 6) is -0.114. The van der Waals surface area contributed by atoms with Gasteiger partial charge in [0.2, 0.25) is 0 Å². The molecular weight excluding hydrogens is 282 g/mol. The molecule has 86 valence electrons. The second-order valence-electron chi connectivity index (χ2n) is 2.75. The first-order valence-corrected chi connectivity index (χ1v) is 4.87. The van der Waals surface area contributed by atoms with Crippen LogP contribution in [-0.2, 0) is 0 Å². The van der Waals surface area contributed by atoms with Crippen LogP contribution >= 0.6 is 15.9 Å². The van der Waals surface area contributed by atoms with Crippen LogP contribution in [0.15, 0.2) is 27.8 Å². The van der Waals surface area contributed by atoms with Crippen LogP contribution in [0.4, 0.5) is 5.69 Å². The van der Waals surface area contributed by atoms with Gasteiger partial charge >= 0.3 is 5.69 Å². The highest BCUT2D eigenvalue weighted by Crippen LogP contribution is 2.29. The largest absolute Gasteiger partial charge is 0.479 e. The Bertz CT molecular complexity index is 435. The first-order chi connectivity index (χ1) is 7.54. The Labute approximate surface area is 98.8 Å². The Hall–Kier alpha value is -1.83. The Balaban J connectivity index is 2.91. The first kappa shape index (κ1) is 12.2. The molecule has 0 aliphatic rings. The van der Waals surface area contributed by atoms with E-state index in [1.807, 2.05) is 0 Å². The summed E-state index contributed by atoms with van der Waals surface area (Å²) in [4.78, 5) is 10.1. The molecule has 1 aromatic carbocycles. The van der Waals surface area contributed by atoms with E-state index < -0.39 is 4.92 Å². The molecule has 0 radical (unpaired) electrons. The van der Waals surface area contributed by atoms with Gasteiger partial charge in [-0.15, -0.1) is 0 Å². The van der Waals surface area contributed by atoms with Crippen LogP contribution in [0.1, 0.15) is 0 Å². The Morgan fingerprint density at radius 3 is 2.94 bits per heavy atom. The van der Waals surface area contributed by atoms with Gasteiger partial charge in [0.05, 0.1) is 4.92 Å². The minimum absolute atomic E-state index is 0.0554. The standard InChI is InChI=1S/C8H8BrN3O4/c9-5-1-2-7(6(3-5)12(14)15)16-4-8(10)11-13/h1-3,13H,4H2,(H2,10,11). The van der Waals surface area contributed by atoms with Gasteiger partial charge in [0.1, 0.15) is 6.61 Å². The number of oxime groups is 1. The Morgan fingerprint density at radius 1 is 1.69 bits per heavy atom. The fraction of sp³-hybridized carbons (Fsp3) is 0.125. The predicted molar refractivity (Wildman–Crippen MR) is 59.7 cm³/mol. The van der Waals surface area contributed by atoms with Crippen molar-refractivity contribution in [1.82, 2.24) is 0 Å². The van der Waals surface area contributed by atoms with Crippen molar-refractivity contribution >= 4 is 27.5 Å². The summed E-state index contributed by atoms with van der Waals surface area (Å²) in [5, 5.41) is 21.6. The molecule has 1 rings (SSSR count). The number of halogens is 1. The zero-order valence-corrected chi connectivity index (χ0v) is 9.55. The average molecular weight is 290 g/mol. The summed E-state index contributed by atoms with van der Waals surface area (Å²) >= 11 is 3.11.